The fraction of sp³-hybridized carbons (Fsp3) is 0.0833. The van der Waals surface area contributed by atoms with Gasteiger partial charge in [-0.25, -0.2) is 4.98 Å². The van der Waals surface area contributed by atoms with E-state index in [1.54, 1.807) is 44.6 Å². The maximum Gasteiger partial charge on any atom is 0.249 e. The average molecular weight is 425 g/mol. The average Bonchev–Trinajstić information content (AvgIpc) is 3.24. The molecule has 32 heavy (non-hydrogen) atoms. The molecule has 0 saturated heterocycles. The molecule has 2 aromatic heterocycles. The number of nitrogens with zero attached hydrogens (tertiary/aromatic N) is 4. The number of carbonyl (C=O) groups excluding carboxylic acids is 1. The van der Waals surface area contributed by atoms with Crippen molar-refractivity contribution in [2.45, 2.75) is 0 Å². The van der Waals surface area contributed by atoms with Crippen molar-refractivity contribution < 1.29 is 14.3 Å². The van der Waals surface area contributed by atoms with Crippen LogP contribution in [0.15, 0.2) is 66.9 Å². The van der Waals surface area contributed by atoms with Crippen molar-refractivity contribution in [2.75, 3.05) is 19.5 Å². The Kier molecular flexibility index (Phi) is 5.81. The first-order chi connectivity index (χ1) is 15.6. The van der Waals surface area contributed by atoms with Crippen LogP contribution in [0.4, 0.5) is 5.82 Å². The Hall–Kier alpha value is -4.64. The second kappa shape index (κ2) is 9.02. The van der Waals surface area contributed by atoms with E-state index in [9.17, 15) is 10.1 Å². The number of para-hydroxylation sites is 1. The van der Waals surface area contributed by atoms with E-state index in [-0.39, 0.29) is 11.4 Å². The first-order valence-electron chi connectivity index (χ1n) is 9.68. The number of aromatic nitrogens is 3. The lowest BCUT2D eigenvalue weighted by Crippen LogP contribution is -2.14. The second-order valence-corrected chi connectivity index (χ2v) is 6.73. The monoisotopic (exact) mass is 425 g/mol. The molecule has 0 unspecified atom stereocenters. The molecule has 1 amide bonds. The van der Waals surface area contributed by atoms with E-state index in [4.69, 9.17) is 9.47 Å². The molecule has 0 aliphatic heterocycles. The van der Waals surface area contributed by atoms with Crippen LogP contribution in [0.25, 0.3) is 22.8 Å². The van der Waals surface area contributed by atoms with Crippen molar-refractivity contribution in [2.24, 2.45) is 0 Å². The summed E-state index contributed by atoms with van der Waals surface area (Å²) in [5.74, 6) is 1.47. The third-order valence-electron chi connectivity index (χ3n) is 4.77. The standard InChI is InChI=1S/C24H19N5O3/c1-31-20-10-7-16(13-21(20)32-2)8-12-23(30)28-24-18(14-25)15-26-29(24)22-11-9-17-5-3-4-6-19(17)27-22/h3-13,15H,1-2H3,(H,28,30)/b12-8+. The minimum Gasteiger partial charge on any atom is -0.493 e. The van der Waals surface area contributed by atoms with E-state index >= 15 is 0 Å². The zero-order chi connectivity index (χ0) is 22.5. The number of nitrogens with one attached hydrogen (secondary N) is 1. The van der Waals surface area contributed by atoms with Gasteiger partial charge in [0.1, 0.15) is 11.6 Å². The minimum absolute atomic E-state index is 0.229. The predicted octanol–water partition coefficient (Wildman–Crippen LogP) is 3.96. The van der Waals surface area contributed by atoms with Gasteiger partial charge in [-0.3, -0.25) is 4.79 Å². The molecule has 0 fully saturated rings. The van der Waals surface area contributed by atoms with E-state index < -0.39 is 5.91 Å². The number of hydrogen-bond donors (Lipinski definition) is 1. The molecule has 158 valence electrons. The van der Waals surface area contributed by atoms with Gasteiger partial charge in [-0.2, -0.15) is 15.0 Å². The lowest BCUT2D eigenvalue weighted by Gasteiger charge is -2.09. The van der Waals surface area contributed by atoms with E-state index in [0.717, 1.165) is 16.5 Å². The van der Waals surface area contributed by atoms with Crippen molar-refractivity contribution in [3.8, 4) is 23.4 Å². The van der Waals surface area contributed by atoms with E-state index in [1.807, 2.05) is 36.4 Å². The second-order valence-electron chi connectivity index (χ2n) is 6.73. The van der Waals surface area contributed by atoms with Crippen molar-refractivity contribution in [1.29, 1.82) is 5.26 Å². The van der Waals surface area contributed by atoms with Gasteiger partial charge >= 0.3 is 0 Å². The van der Waals surface area contributed by atoms with Crippen LogP contribution in [0.3, 0.4) is 0 Å². The number of methoxy groups -OCH3 is 2. The Balaban J connectivity index is 1.60. The Morgan fingerprint density at radius 2 is 1.91 bits per heavy atom. The molecule has 0 radical (unpaired) electrons. The van der Waals surface area contributed by atoms with Crippen molar-refractivity contribution in [1.82, 2.24) is 14.8 Å². The first kappa shape index (κ1) is 20.6. The fourth-order valence-electron chi connectivity index (χ4n) is 3.18. The van der Waals surface area contributed by atoms with Crippen LogP contribution in [-0.4, -0.2) is 34.9 Å². The SMILES string of the molecule is COc1ccc(/C=C/C(=O)Nc2c(C#N)cnn2-c2ccc3ccccc3n2)cc1OC. The molecule has 0 aliphatic rings. The summed E-state index contributed by atoms with van der Waals surface area (Å²) in [5.41, 5.74) is 1.76. The molecule has 0 bridgehead atoms. The minimum atomic E-state index is -0.418. The summed E-state index contributed by atoms with van der Waals surface area (Å²) < 4.78 is 11.9. The number of hydrogen-bond acceptors (Lipinski definition) is 6. The van der Waals surface area contributed by atoms with Crippen LogP contribution in [0.5, 0.6) is 11.5 Å². The fourth-order valence-corrected chi connectivity index (χ4v) is 3.18. The number of pyridine rings is 1. The Bertz CT molecular complexity index is 1370. The quantitative estimate of drug-likeness (QED) is 0.469. The number of fused-ring (bicyclic) bond motifs is 1. The number of carbonyl (C=O) groups is 1. The van der Waals surface area contributed by atoms with Gasteiger partial charge in [0, 0.05) is 11.5 Å². The summed E-state index contributed by atoms with van der Waals surface area (Å²) in [5, 5.41) is 17.4. The predicted molar refractivity (Wildman–Crippen MR) is 121 cm³/mol. The molecule has 1 N–H and O–H groups in total. The van der Waals surface area contributed by atoms with E-state index in [1.165, 1.54) is 17.0 Å². The van der Waals surface area contributed by atoms with E-state index in [0.29, 0.717) is 17.3 Å². The Morgan fingerprint density at radius 3 is 2.69 bits per heavy atom. The van der Waals surface area contributed by atoms with Crippen molar-refractivity contribution in [3.63, 3.8) is 0 Å². The number of amides is 1. The molecule has 4 rings (SSSR count). The highest BCUT2D eigenvalue weighted by Gasteiger charge is 2.15. The largest absolute Gasteiger partial charge is 0.493 e. The summed E-state index contributed by atoms with van der Waals surface area (Å²) in [4.78, 5) is 17.2. The van der Waals surface area contributed by atoms with Crippen LogP contribution < -0.4 is 14.8 Å². The zero-order valence-corrected chi connectivity index (χ0v) is 17.4. The maximum atomic E-state index is 12.6. The van der Waals surface area contributed by atoms with Crippen LogP contribution in [0.1, 0.15) is 11.1 Å². The van der Waals surface area contributed by atoms with Gasteiger partial charge in [0.25, 0.3) is 0 Å². The molecule has 0 spiro atoms. The summed E-state index contributed by atoms with van der Waals surface area (Å²) in [7, 11) is 3.10. The third kappa shape index (κ3) is 4.13. The van der Waals surface area contributed by atoms with Crippen molar-refractivity contribution >= 4 is 28.7 Å². The normalized spacial score (nSPS) is 10.8. The van der Waals surface area contributed by atoms with Gasteiger partial charge in [0.2, 0.25) is 5.91 Å². The van der Waals surface area contributed by atoms with Gasteiger partial charge in [-0.1, -0.05) is 24.3 Å². The van der Waals surface area contributed by atoms with Gasteiger partial charge in [-0.05, 0) is 42.0 Å². The lowest BCUT2D eigenvalue weighted by molar-refractivity contribution is -0.111. The molecule has 0 atom stereocenters. The summed E-state index contributed by atoms with van der Waals surface area (Å²) >= 11 is 0. The number of benzene rings is 2. The maximum absolute atomic E-state index is 12.6. The van der Waals surface area contributed by atoms with Crippen LogP contribution in [-0.2, 0) is 4.79 Å². The topological polar surface area (TPSA) is 102 Å². The number of nitriles is 1. The number of rotatable bonds is 6. The van der Waals surface area contributed by atoms with Gasteiger partial charge < -0.3 is 14.8 Å². The van der Waals surface area contributed by atoms with Crippen molar-refractivity contribution in [3.05, 3.63) is 78.0 Å². The van der Waals surface area contributed by atoms with Crippen LogP contribution in [0, 0.1) is 11.3 Å². The molecular weight excluding hydrogens is 406 g/mol. The lowest BCUT2D eigenvalue weighted by atomic mass is 10.2. The Morgan fingerprint density at radius 1 is 1.09 bits per heavy atom. The molecule has 0 saturated carbocycles. The smallest absolute Gasteiger partial charge is 0.249 e. The highest BCUT2D eigenvalue weighted by molar-refractivity contribution is 6.02. The molecule has 0 aliphatic carbocycles. The highest BCUT2D eigenvalue weighted by atomic mass is 16.5. The molecular formula is C24H19N5O3. The van der Waals surface area contributed by atoms with Crippen LogP contribution in [0.2, 0.25) is 0 Å². The summed E-state index contributed by atoms with van der Waals surface area (Å²) in [6, 6.07) is 18.7. The number of anilines is 1. The summed E-state index contributed by atoms with van der Waals surface area (Å²) in [6.07, 6.45) is 4.40. The molecule has 2 aromatic carbocycles. The van der Waals surface area contributed by atoms with Crippen LogP contribution >= 0.6 is 0 Å². The zero-order valence-electron chi connectivity index (χ0n) is 17.4. The number of ether oxygens (including phenoxy) is 2. The highest BCUT2D eigenvalue weighted by Crippen LogP contribution is 2.28. The molecule has 4 aromatic rings. The van der Waals surface area contributed by atoms with E-state index in [2.05, 4.69) is 15.4 Å². The summed E-state index contributed by atoms with van der Waals surface area (Å²) in [6.45, 7) is 0. The van der Waals surface area contributed by atoms with Gasteiger partial charge in [0.05, 0.1) is 25.9 Å². The Labute approximate surface area is 184 Å². The first-order valence-corrected chi connectivity index (χ1v) is 9.68. The molecule has 8 nitrogen and oxygen atoms in total. The van der Waals surface area contributed by atoms with Gasteiger partial charge in [0.15, 0.2) is 23.1 Å². The molecule has 2 heterocycles. The third-order valence-corrected chi connectivity index (χ3v) is 4.77. The molecule has 8 heteroatoms. The van der Waals surface area contributed by atoms with Gasteiger partial charge in [-0.15, -0.1) is 0 Å².